The lowest BCUT2D eigenvalue weighted by Crippen LogP contribution is -2.57. The van der Waals surface area contributed by atoms with Crippen LogP contribution in [0.2, 0.25) is 19.6 Å². The zero-order chi connectivity index (χ0) is 12.5. The second kappa shape index (κ2) is 4.92. The lowest BCUT2D eigenvalue weighted by atomic mass is 10.0. The van der Waals surface area contributed by atoms with Crippen LogP contribution >= 0.6 is 0 Å². The van der Waals surface area contributed by atoms with Crippen molar-refractivity contribution in [3.05, 3.63) is 35.9 Å². The molecule has 2 unspecified atom stereocenters. The number of ether oxygens (including phenoxy) is 1. The Bertz CT molecular complexity index is 360. The van der Waals surface area contributed by atoms with Crippen molar-refractivity contribution in [3.63, 3.8) is 0 Å². The normalized spacial score (nSPS) is 27.1. The van der Waals surface area contributed by atoms with E-state index >= 15 is 0 Å². The van der Waals surface area contributed by atoms with Gasteiger partial charge in [0.2, 0.25) is 0 Å². The molecule has 1 aliphatic heterocycles. The molecule has 2 atom stereocenters. The predicted molar refractivity (Wildman–Crippen MR) is 74.6 cm³/mol. The summed E-state index contributed by atoms with van der Waals surface area (Å²) in [7, 11) is -1.24. The Morgan fingerprint density at radius 2 is 1.82 bits per heavy atom. The van der Waals surface area contributed by atoms with Crippen LogP contribution in [0.3, 0.4) is 0 Å². The Morgan fingerprint density at radius 1 is 1.18 bits per heavy atom. The fraction of sp³-hybridized carbons (Fsp3) is 0.571. The molecule has 1 aromatic carbocycles. The van der Waals surface area contributed by atoms with Gasteiger partial charge in [-0.1, -0.05) is 50.0 Å². The summed E-state index contributed by atoms with van der Waals surface area (Å²) in [6.07, 6.45) is 0.233. The fourth-order valence-electron chi connectivity index (χ4n) is 2.75. The molecule has 1 heterocycles. The van der Waals surface area contributed by atoms with E-state index in [4.69, 9.17) is 4.74 Å². The highest BCUT2D eigenvalue weighted by Crippen LogP contribution is 2.31. The standard InChI is InChI=1S/C14H23NOSi/c1-12-14(13-8-6-5-7-9-13)16-11-10-15(12)17(2,3)4/h5-9,12,14H,10-11H2,1-4H3. The van der Waals surface area contributed by atoms with E-state index in [1.54, 1.807) is 0 Å². The van der Waals surface area contributed by atoms with E-state index in [1.165, 1.54) is 5.56 Å². The summed E-state index contributed by atoms with van der Waals surface area (Å²) >= 11 is 0. The molecule has 0 aromatic heterocycles. The van der Waals surface area contributed by atoms with Crippen molar-refractivity contribution in [1.29, 1.82) is 0 Å². The van der Waals surface area contributed by atoms with Crippen LogP contribution in [0.1, 0.15) is 18.6 Å². The Hall–Kier alpha value is -0.643. The van der Waals surface area contributed by atoms with E-state index in [9.17, 15) is 0 Å². The Morgan fingerprint density at radius 3 is 2.41 bits per heavy atom. The first-order valence-electron chi connectivity index (χ1n) is 6.43. The molecule has 1 fully saturated rings. The Balaban J connectivity index is 2.20. The lowest BCUT2D eigenvalue weighted by molar-refractivity contribution is -0.0400. The SMILES string of the molecule is CC1C(c2ccccc2)OCCN1[Si](C)(C)C. The molecule has 1 saturated heterocycles. The lowest BCUT2D eigenvalue weighted by Gasteiger charge is -2.46. The minimum absolute atomic E-state index is 0.233. The van der Waals surface area contributed by atoms with Crippen molar-refractivity contribution in [2.45, 2.75) is 38.7 Å². The summed E-state index contributed by atoms with van der Waals surface area (Å²) < 4.78 is 8.66. The maximum absolute atomic E-state index is 5.98. The first kappa shape index (κ1) is 12.8. The summed E-state index contributed by atoms with van der Waals surface area (Å²) in [5.41, 5.74) is 1.31. The second-order valence-electron chi connectivity index (χ2n) is 5.81. The van der Waals surface area contributed by atoms with Crippen molar-refractivity contribution >= 4 is 8.24 Å². The number of benzene rings is 1. The highest BCUT2D eigenvalue weighted by atomic mass is 28.3. The van der Waals surface area contributed by atoms with Gasteiger partial charge in [0.1, 0.15) is 8.24 Å². The first-order valence-corrected chi connectivity index (χ1v) is 9.88. The third kappa shape index (κ3) is 2.79. The number of hydrogen-bond acceptors (Lipinski definition) is 2. The van der Waals surface area contributed by atoms with E-state index in [2.05, 4.69) is 61.5 Å². The zero-order valence-electron chi connectivity index (χ0n) is 11.3. The van der Waals surface area contributed by atoms with Gasteiger partial charge in [0.25, 0.3) is 0 Å². The van der Waals surface area contributed by atoms with Crippen molar-refractivity contribution in [2.24, 2.45) is 0 Å². The number of hydrogen-bond donors (Lipinski definition) is 0. The second-order valence-corrected chi connectivity index (χ2v) is 10.7. The van der Waals surface area contributed by atoms with Crippen molar-refractivity contribution in [1.82, 2.24) is 4.57 Å². The fourth-order valence-corrected chi connectivity index (χ4v) is 4.87. The summed E-state index contributed by atoms with van der Waals surface area (Å²) in [6, 6.07) is 11.1. The van der Waals surface area contributed by atoms with Crippen LogP contribution in [0.25, 0.3) is 0 Å². The molecule has 0 amide bonds. The van der Waals surface area contributed by atoms with Gasteiger partial charge in [0.15, 0.2) is 0 Å². The van der Waals surface area contributed by atoms with Gasteiger partial charge < -0.3 is 9.30 Å². The maximum atomic E-state index is 5.98. The van der Waals surface area contributed by atoms with Crippen LogP contribution in [0.15, 0.2) is 30.3 Å². The molecule has 0 spiro atoms. The van der Waals surface area contributed by atoms with Gasteiger partial charge in [-0.05, 0) is 12.5 Å². The van der Waals surface area contributed by atoms with Crippen LogP contribution in [0, 0.1) is 0 Å². The van der Waals surface area contributed by atoms with E-state index in [0.717, 1.165) is 13.2 Å². The van der Waals surface area contributed by atoms with Crippen LogP contribution in [0.5, 0.6) is 0 Å². The Kier molecular flexibility index (Phi) is 3.71. The quantitative estimate of drug-likeness (QED) is 0.746. The van der Waals surface area contributed by atoms with Gasteiger partial charge in [-0.15, -0.1) is 0 Å². The molecular formula is C14H23NOSi. The molecule has 1 aromatic rings. The average molecular weight is 249 g/mol. The van der Waals surface area contributed by atoms with Gasteiger partial charge in [0.05, 0.1) is 12.7 Å². The van der Waals surface area contributed by atoms with Gasteiger partial charge in [-0.3, -0.25) is 0 Å². The monoisotopic (exact) mass is 249 g/mol. The molecule has 0 N–H and O–H groups in total. The number of morpholine rings is 1. The third-order valence-electron chi connectivity index (χ3n) is 3.55. The van der Waals surface area contributed by atoms with E-state index < -0.39 is 8.24 Å². The summed E-state index contributed by atoms with van der Waals surface area (Å²) in [5.74, 6) is 0. The molecule has 3 heteroatoms. The number of nitrogens with zero attached hydrogens (tertiary/aromatic N) is 1. The molecule has 2 rings (SSSR count). The van der Waals surface area contributed by atoms with Crippen LogP contribution in [-0.2, 0) is 4.74 Å². The van der Waals surface area contributed by atoms with Crippen LogP contribution in [0.4, 0.5) is 0 Å². The largest absolute Gasteiger partial charge is 0.371 e. The molecule has 0 radical (unpaired) electrons. The minimum atomic E-state index is -1.24. The smallest absolute Gasteiger partial charge is 0.119 e. The molecule has 2 nitrogen and oxygen atoms in total. The van der Waals surface area contributed by atoms with E-state index in [0.29, 0.717) is 6.04 Å². The average Bonchev–Trinajstić information content (AvgIpc) is 2.29. The van der Waals surface area contributed by atoms with Gasteiger partial charge in [0, 0.05) is 12.6 Å². The highest BCUT2D eigenvalue weighted by molar-refractivity contribution is 6.73. The summed E-state index contributed by atoms with van der Waals surface area (Å²) in [4.78, 5) is 0. The van der Waals surface area contributed by atoms with Gasteiger partial charge in [-0.2, -0.15) is 0 Å². The molecule has 17 heavy (non-hydrogen) atoms. The first-order chi connectivity index (χ1) is 8.00. The predicted octanol–water partition coefficient (Wildman–Crippen LogP) is 3.28. The van der Waals surface area contributed by atoms with Gasteiger partial charge in [-0.25, -0.2) is 0 Å². The minimum Gasteiger partial charge on any atom is -0.371 e. The van der Waals surface area contributed by atoms with Crippen LogP contribution < -0.4 is 0 Å². The molecular weight excluding hydrogens is 226 g/mol. The molecule has 0 bridgehead atoms. The zero-order valence-corrected chi connectivity index (χ0v) is 12.3. The number of rotatable bonds is 2. The molecule has 1 aliphatic rings. The topological polar surface area (TPSA) is 12.5 Å². The summed E-state index contributed by atoms with van der Waals surface area (Å²) in [6.45, 7) is 11.5. The van der Waals surface area contributed by atoms with E-state index in [1.807, 2.05) is 0 Å². The van der Waals surface area contributed by atoms with Crippen LogP contribution in [-0.4, -0.2) is 32.0 Å². The van der Waals surface area contributed by atoms with Crippen molar-refractivity contribution in [2.75, 3.05) is 13.2 Å². The van der Waals surface area contributed by atoms with Crippen molar-refractivity contribution < 1.29 is 4.74 Å². The molecule has 0 aliphatic carbocycles. The van der Waals surface area contributed by atoms with Gasteiger partial charge >= 0.3 is 0 Å². The third-order valence-corrected chi connectivity index (χ3v) is 5.90. The molecule has 0 saturated carbocycles. The summed E-state index contributed by atoms with van der Waals surface area (Å²) in [5, 5.41) is 0. The maximum Gasteiger partial charge on any atom is 0.119 e. The Labute approximate surface area is 106 Å². The van der Waals surface area contributed by atoms with Crippen molar-refractivity contribution in [3.8, 4) is 0 Å². The van der Waals surface area contributed by atoms with E-state index in [-0.39, 0.29) is 6.10 Å². The highest BCUT2D eigenvalue weighted by Gasteiger charge is 2.36. The molecule has 94 valence electrons.